The maximum atomic E-state index is 5.34. The Kier molecular flexibility index (Phi) is 7.59. The van der Waals surface area contributed by atoms with E-state index in [1.807, 2.05) is 6.07 Å². The molecule has 0 unspecified atom stereocenters. The van der Waals surface area contributed by atoms with E-state index in [-0.39, 0.29) is 10.8 Å². The summed E-state index contributed by atoms with van der Waals surface area (Å²) in [6, 6.07) is 66.3. The molecule has 0 amide bonds. The molecule has 0 spiro atoms. The maximum absolute atomic E-state index is 5.34. The first-order valence-electron chi connectivity index (χ1n) is 20.3. The molecule has 0 atom stereocenters. The van der Waals surface area contributed by atoms with Gasteiger partial charge in [-0.05, 0) is 108 Å². The van der Waals surface area contributed by atoms with E-state index in [9.17, 15) is 0 Å². The minimum atomic E-state index is -0.133. The number of rotatable bonds is 5. The maximum Gasteiger partial charge on any atom is 0.160 e. The predicted molar refractivity (Wildman–Crippen MR) is 242 cm³/mol. The van der Waals surface area contributed by atoms with Crippen LogP contribution in [0, 0.1) is 0 Å². The van der Waals surface area contributed by atoms with Crippen LogP contribution in [0.2, 0.25) is 0 Å². The van der Waals surface area contributed by atoms with E-state index in [0.717, 1.165) is 39.2 Å². The summed E-state index contributed by atoms with van der Waals surface area (Å²) in [5, 5.41) is 2.54. The summed E-state index contributed by atoms with van der Waals surface area (Å²) >= 11 is 0. The van der Waals surface area contributed by atoms with Crippen LogP contribution in [0.3, 0.4) is 0 Å². The predicted octanol–water partition coefficient (Wildman–Crippen LogP) is 14.6. The van der Waals surface area contributed by atoms with Gasteiger partial charge in [0, 0.05) is 27.5 Å². The molecular weight excluding hydrogens is 701 g/mol. The van der Waals surface area contributed by atoms with Crippen LogP contribution in [0.5, 0.6) is 0 Å². The van der Waals surface area contributed by atoms with Crippen LogP contribution < -0.4 is 0 Å². The Labute approximate surface area is 340 Å². The van der Waals surface area contributed by atoms with Crippen molar-refractivity contribution in [2.75, 3.05) is 0 Å². The van der Waals surface area contributed by atoms with Crippen molar-refractivity contribution in [2.45, 2.75) is 38.5 Å². The van der Waals surface area contributed by atoms with Gasteiger partial charge in [-0.3, -0.25) is 0 Å². The zero-order valence-electron chi connectivity index (χ0n) is 33.2. The van der Waals surface area contributed by atoms with Gasteiger partial charge in [-0.25, -0.2) is 9.97 Å². The zero-order chi connectivity index (χ0) is 39.2. The first-order valence-corrected chi connectivity index (χ1v) is 20.3. The van der Waals surface area contributed by atoms with Crippen LogP contribution in [0.4, 0.5) is 0 Å². The average molecular weight is 743 g/mol. The molecule has 0 aliphatic heterocycles. The minimum Gasteiger partial charge on any atom is -0.228 e. The third-order valence-corrected chi connectivity index (χ3v) is 12.9. The van der Waals surface area contributed by atoms with Gasteiger partial charge in [0.1, 0.15) is 0 Å². The van der Waals surface area contributed by atoms with Gasteiger partial charge in [-0.2, -0.15) is 0 Å². The van der Waals surface area contributed by atoms with Crippen molar-refractivity contribution in [1.29, 1.82) is 0 Å². The second-order valence-corrected chi connectivity index (χ2v) is 17.0. The Morgan fingerprint density at radius 1 is 0.310 bits per heavy atom. The molecule has 0 radical (unpaired) electrons. The number of benzene rings is 8. The van der Waals surface area contributed by atoms with Crippen molar-refractivity contribution in [3.8, 4) is 78.4 Å². The lowest BCUT2D eigenvalue weighted by Gasteiger charge is -2.22. The largest absolute Gasteiger partial charge is 0.228 e. The highest BCUT2D eigenvalue weighted by Crippen LogP contribution is 2.54. The van der Waals surface area contributed by atoms with Gasteiger partial charge in [0.15, 0.2) is 5.82 Å². The van der Waals surface area contributed by atoms with Crippen molar-refractivity contribution in [2.24, 2.45) is 0 Å². The van der Waals surface area contributed by atoms with E-state index in [2.05, 4.69) is 204 Å². The quantitative estimate of drug-likeness (QED) is 0.175. The van der Waals surface area contributed by atoms with Gasteiger partial charge in [-0.15, -0.1) is 0 Å². The lowest BCUT2D eigenvalue weighted by atomic mass is 9.81. The number of hydrogen-bond donors (Lipinski definition) is 0. The van der Waals surface area contributed by atoms with Crippen molar-refractivity contribution >= 4 is 10.8 Å². The molecule has 58 heavy (non-hydrogen) atoms. The van der Waals surface area contributed by atoms with E-state index >= 15 is 0 Å². The summed E-state index contributed by atoms with van der Waals surface area (Å²) < 4.78 is 0. The smallest absolute Gasteiger partial charge is 0.160 e. The summed E-state index contributed by atoms with van der Waals surface area (Å²) in [4.78, 5) is 10.6. The van der Waals surface area contributed by atoms with Crippen LogP contribution in [-0.2, 0) is 10.8 Å². The summed E-state index contributed by atoms with van der Waals surface area (Å²) in [5.41, 5.74) is 20.3. The average Bonchev–Trinajstić information content (AvgIpc) is 3.64. The number of hydrogen-bond acceptors (Lipinski definition) is 2. The van der Waals surface area contributed by atoms with Crippen LogP contribution >= 0.6 is 0 Å². The molecule has 0 bridgehead atoms. The Hall–Kier alpha value is -6.90. The molecule has 1 aromatic heterocycles. The minimum absolute atomic E-state index is 0.0262. The third-order valence-electron chi connectivity index (χ3n) is 12.9. The van der Waals surface area contributed by atoms with Crippen molar-refractivity contribution in [3.63, 3.8) is 0 Å². The molecule has 2 heteroatoms. The molecular formula is C56H42N2. The molecule has 0 N–H and O–H groups in total. The second-order valence-electron chi connectivity index (χ2n) is 17.0. The first kappa shape index (κ1) is 34.4. The van der Waals surface area contributed by atoms with E-state index in [1.54, 1.807) is 0 Å². The number of fused-ring (bicyclic) bond motifs is 7. The molecule has 8 aromatic carbocycles. The van der Waals surface area contributed by atoms with E-state index in [1.165, 1.54) is 66.4 Å². The fourth-order valence-electron chi connectivity index (χ4n) is 9.85. The zero-order valence-corrected chi connectivity index (χ0v) is 33.2. The Balaban J connectivity index is 1.07. The van der Waals surface area contributed by atoms with Crippen LogP contribution in [0.15, 0.2) is 182 Å². The lowest BCUT2D eigenvalue weighted by molar-refractivity contribution is 0.660. The first-order chi connectivity index (χ1) is 28.3. The molecule has 2 aliphatic carbocycles. The van der Waals surface area contributed by atoms with Gasteiger partial charge < -0.3 is 0 Å². The molecule has 0 saturated heterocycles. The molecule has 9 aromatic rings. The number of nitrogens with zero attached hydrogens (tertiary/aromatic N) is 2. The Morgan fingerprint density at radius 2 is 0.879 bits per heavy atom. The van der Waals surface area contributed by atoms with Crippen LogP contribution in [0.1, 0.15) is 49.9 Å². The molecule has 1 heterocycles. The third kappa shape index (κ3) is 5.25. The summed E-state index contributed by atoms with van der Waals surface area (Å²) in [5.74, 6) is 0.709. The topological polar surface area (TPSA) is 25.8 Å². The Morgan fingerprint density at radius 3 is 1.71 bits per heavy atom. The van der Waals surface area contributed by atoms with Gasteiger partial charge in [0.05, 0.1) is 11.4 Å². The highest BCUT2D eigenvalue weighted by molar-refractivity contribution is 6.01. The van der Waals surface area contributed by atoms with Gasteiger partial charge in [0.2, 0.25) is 0 Å². The monoisotopic (exact) mass is 742 g/mol. The van der Waals surface area contributed by atoms with Gasteiger partial charge in [-0.1, -0.05) is 179 Å². The van der Waals surface area contributed by atoms with Gasteiger partial charge >= 0.3 is 0 Å². The molecule has 0 fully saturated rings. The van der Waals surface area contributed by atoms with Crippen LogP contribution in [-0.4, -0.2) is 9.97 Å². The van der Waals surface area contributed by atoms with E-state index < -0.39 is 0 Å². The van der Waals surface area contributed by atoms with Crippen molar-refractivity contribution in [3.05, 3.63) is 204 Å². The Bertz CT molecular complexity index is 3110. The lowest BCUT2D eigenvalue weighted by Crippen LogP contribution is -2.14. The van der Waals surface area contributed by atoms with Crippen LogP contribution in [0.25, 0.3) is 89.2 Å². The van der Waals surface area contributed by atoms with E-state index in [4.69, 9.17) is 9.97 Å². The SMILES string of the molecule is CC1(C)c2ccccc2-c2cc(-c3cccc(-c4cc(-c5ccccc5-c5cccc6c5-c5cc7ccccc7cc5C6(C)C)nc(-c5ccccc5)n4)c3)ccc21. The highest BCUT2D eigenvalue weighted by Gasteiger charge is 2.38. The fraction of sp³-hybridized carbons (Fsp3) is 0.107. The van der Waals surface area contributed by atoms with Gasteiger partial charge in [0.25, 0.3) is 0 Å². The fourth-order valence-corrected chi connectivity index (χ4v) is 9.85. The summed E-state index contributed by atoms with van der Waals surface area (Å²) in [7, 11) is 0. The highest BCUT2D eigenvalue weighted by atomic mass is 14.9. The van der Waals surface area contributed by atoms with Crippen molar-refractivity contribution < 1.29 is 0 Å². The molecule has 2 aliphatic rings. The van der Waals surface area contributed by atoms with E-state index in [0.29, 0.717) is 5.82 Å². The van der Waals surface area contributed by atoms with Crippen molar-refractivity contribution in [1.82, 2.24) is 9.97 Å². The number of aromatic nitrogens is 2. The second kappa shape index (κ2) is 12.8. The molecule has 0 saturated carbocycles. The summed E-state index contributed by atoms with van der Waals surface area (Å²) in [6.07, 6.45) is 0. The molecule has 11 rings (SSSR count). The molecule has 2 nitrogen and oxygen atoms in total. The standard InChI is InChI=1S/C56H42N2/c1-55(2)47-26-13-12-23-42(47)45-31-39(28-29-48(45)55)36-20-14-21-40(30-36)51-34-52(58-54(57-51)35-16-6-5-7-17-35)43-24-11-10-22-41(43)44-25-15-27-49-53(44)46-32-37-18-8-9-19-38(37)33-50(46)56(49,3)4/h5-34H,1-4H3. The molecule has 276 valence electrons. The normalized spacial score (nSPS) is 14.1. The summed E-state index contributed by atoms with van der Waals surface area (Å²) in [6.45, 7) is 9.39.